The first-order chi connectivity index (χ1) is 9.78. The van der Waals surface area contributed by atoms with E-state index in [2.05, 4.69) is 21.5 Å². The van der Waals surface area contributed by atoms with Crippen LogP contribution in [0.2, 0.25) is 0 Å². The zero-order valence-corrected chi connectivity index (χ0v) is 12.4. The number of amides is 1. The number of hydrogen-bond acceptors (Lipinski definition) is 3. The van der Waals surface area contributed by atoms with Gasteiger partial charge in [-0.05, 0) is 43.4 Å². The Labute approximate surface area is 122 Å². The summed E-state index contributed by atoms with van der Waals surface area (Å²) in [5.41, 5.74) is 1.98. The normalized spacial score (nSPS) is 16.2. The lowest BCUT2D eigenvalue weighted by Crippen LogP contribution is -2.30. The van der Waals surface area contributed by atoms with Crippen LogP contribution in [-0.2, 0) is 4.79 Å². The predicted molar refractivity (Wildman–Crippen MR) is 82.7 cm³/mol. The van der Waals surface area contributed by atoms with E-state index in [1.54, 1.807) is 11.8 Å². The van der Waals surface area contributed by atoms with E-state index in [-0.39, 0.29) is 17.9 Å². The Hall–Kier alpha value is -1.49. The van der Waals surface area contributed by atoms with Gasteiger partial charge in [0.2, 0.25) is 5.91 Å². The number of imidazole rings is 1. The van der Waals surface area contributed by atoms with Crippen molar-refractivity contribution in [3.63, 3.8) is 0 Å². The van der Waals surface area contributed by atoms with Gasteiger partial charge in [-0.25, -0.2) is 4.98 Å². The van der Waals surface area contributed by atoms with Crippen molar-refractivity contribution < 1.29 is 4.79 Å². The minimum absolute atomic E-state index is 0.0112. The molecule has 0 radical (unpaired) electrons. The summed E-state index contributed by atoms with van der Waals surface area (Å²) in [6.45, 7) is 0. The van der Waals surface area contributed by atoms with Crippen molar-refractivity contribution in [3.05, 3.63) is 30.1 Å². The van der Waals surface area contributed by atoms with Crippen LogP contribution in [0.15, 0.2) is 24.3 Å². The van der Waals surface area contributed by atoms with E-state index in [1.165, 1.54) is 0 Å². The number of hydrogen-bond donors (Lipinski definition) is 2. The van der Waals surface area contributed by atoms with Crippen molar-refractivity contribution in [1.29, 1.82) is 0 Å². The Kier molecular flexibility index (Phi) is 3.96. The van der Waals surface area contributed by atoms with E-state index in [0.717, 1.165) is 41.9 Å². The Bertz CT molecular complexity index is 573. The third kappa shape index (κ3) is 2.98. The molecule has 5 heteroatoms. The highest BCUT2D eigenvalue weighted by molar-refractivity contribution is 7.98. The number of aromatic nitrogens is 2. The number of benzene rings is 1. The summed E-state index contributed by atoms with van der Waals surface area (Å²) in [5.74, 6) is 2.29. The molecular formula is C15H19N3OS. The zero-order chi connectivity index (χ0) is 13.9. The molecule has 2 aromatic rings. The van der Waals surface area contributed by atoms with E-state index in [4.69, 9.17) is 0 Å². The maximum Gasteiger partial charge on any atom is 0.223 e. The molecule has 106 valence electrons. The number of para-hydroxylation sites is 2. The van der Waals surface area contributed by atoms with Gasteiger partial charge < -0.3 is 10.3 Å². The molecule has 0 bridgehead atoms. The molecule has 1 fully saturated rings. The zero-order valence-electron chi connectivity index (χ0n) is 11.6. The van der Waals surface area contributed by atoms with Gasteiger partial charge >= 0.3 is 0 Å². The van der Waals surface area contributed by atoms with Crippen LogP contribution in [0.25, 0.3) is 11.0 Å². The molecule has 2 N–H and O–H groups in total. The van der Waals surface area contributed by atoms with E-state index >= 15 is 0 Å². The highest BCUT2D eigenvalue weighted by Gasteiger charge is 2.31. The van der Waals surface area contributed by atoms with Gasteiger partial charge in [0, 0.05) is 5.92 Å². The molecule has 4 nitrogen and oxygen atoms in total. The number of rotatable bonds is 6. The predicted octanol–water partition coefficient (Wildman–Crippen LogP) is 2.88. The number of fused-ring (bicyclic) bond motifs is 1. The Morgan fingerprint density at radius 3 is 3.00 bits per heavy atom. The molecule has 1 saturated carbocycles. The fourth-order valence-corrected chi connectivity index (χ4v) is 2.76. The average molecular weight is 289 g/mol. The second-order valence-electron chi connectivity index (χ2n) is 5.26. The molecular weight excluding hydrogens is 270 g/mol. The Morgan fingerprint density at radius 2 is 2.30 bits per heavy atom. The number of nitrogens with one attached hydrogen (secondary N) is 2. The van der Waals surface area contributed by atoms with E-state index in [0.29, 0.717) is 0 Å². The molecule has 0 aliphatic heterocycles. The number of H-pyrrole nitrogens is 1. The molecule has 0 saturated heterocycles. The number of aromatic amines is 1. The molecule has 1 heterocycles. The topological polar surface area (TPSA) is 57.8 Å². The van der Waals surface area contributed by atoms with Crippen molar-refractivity contribution in [2.75, 3.05) is 12.0 Å². The van der Waals surface area contributed by atoms with Crippen molar-refractivity contribution in [3.8, 4) is 0 Å². The largest absolute Gasteiger partial charge is 0.346 e. The minimum atomic E-state index is -0.0112. The van der Waals surface area contributed by atoms with Gasteiger partial charge in [-0.2, -0.15) is 11.8 Å². The number of nitrogens with zero attached hydrogens (tertiary/aromatic N) is 1. The first kappa shape index (κ1) is 13.5. The van der Waals surface area contributed by atoms with Crippen molar-refractivity contribution in [2.24, 2.45) is 5.92 Å². The van der Waals surface area contributed by atoms with Crippen molar-refractivity contribution in [2.45, 2.75) is 25.3 Å². The quantitative estimate of drug-likeness (QED) is 0.859. The Morgan fingerprint density at radius 1 is 1.50 bits per heavy atom. The Balaban J connectivity index is 1.80. The maximum absolute atomic E-state index is 12.0. The van der Waals surface area contributed by atoms with Gasteiger partial charge in [0.05, 0.1) is 17.1 Å². The lowest BCUT2D eigenvalue weighted by molar-refractivity contribution is -0.123. The fourth-order valence-electron chi connectivity index (χ4n) is 2.29. The highest BCUT2D eigenvalue weighted by Crippen LogP contribution is 2.30. The monoisotopic (exact) mass is 289 g/mol. The van der Waals surface area contributed by atoms with Crippen LogP contribution in [0.4, 0.5) is 0 Å². The van der Waals surface area contributed by atoms with E-state index in [1.807, 2.05) is 24.3 Å². The molecule has 1 atom stereocenters. The molecule has 3 rings (SSSR count). The molecule has 1 aliphatic carbocycles. The third-order valence-corrected chi connectivity index (χ3v) is 4.26. The smallest absolute Gasteiger partial charge is 0.223 e. The molecule has 1 aromatic heterocycles. The SMILES string of the molecule is CSCC[C@@H](NC(=O)C1CC1)c1nc2ccccc2[nH]1. The van der Waals surface area contributed by atoms with Crippen LogP contribution in [-0.4, -0.2) is 27.9 Å². The fraction of sp³-hybridized carbons (Fsp3) is 0.467. The van der Waals surface area contributed by atoms with Crippen LogP contribution in [0, 0.1) is 5.92 Å². The van der Waals surface area contributed by atoms with Crippen LogP contribution in [0.5, 0.6) is 0 Å². The second kappa shape index (κ2) is 5.87. The summed E-state index contributed by atoms with van der Waals surface area (Å²) in [7, 11) is 0. The van der Waals surface area contributed by atoms with E-state index in [9.17, 15) is 4.79 Å². The molecule has 1 amide bonds. The van der Waals surface area contributed by atoms with Crippen molar-refractivity contribution >= 4 is 28.7 Å². The van der Waals surface area contributed by atoms with Gasteiger partial charge in [0.15, 0.2) is 0 Å². The first-order valence-corrected chi connectivity index (χ1v) is 8.41. The van der Waals surface area contributed by atoms with E-state index < -0.39 is 0 Å². The molecule has 20 heavy (non-hydrogen) atoms. The van der Waals surface area contributed by atoms with Gasteiger partial charge in [0.1, 0.15) is 5.82 Å². The average Bonchev–Trinajstić information content (AvgIpc) is 3.22. The summed E-state index contributed by atoms with van der Waals surface area (Å²) in [6.07, 6.45) is 5.04. The van der Waals surface area contributed by atoms with Gasteiger partial charge in [-0.3, -0.25) is 4.79 Å². The summed E-state index contributed by atoms with van der Waals surface area (Å²) in [4.78, 5) is 20.0. The maximum atomic E-state index is 12.0. The summed E-state index contributed by atoms with van der Waals surface area (Å²) in [5, 5.41) is 3.14. The molecule has 1 aromatic carbocycles. The molecule has 0 spiro atoms. The van der Waals surface area contributed by atoms with Crippen LogP contribution < -0.4 is 5.32 Å². The highest BCUT2D eigenvalue weighted by atomic mass is 32.2. The van der Waals surface area contributed by atoms with Gasteiger partial charge in [-0.1, -0.05) is 12.1 Å². The van der Waals surface area contributed by atoms with Crippen molar-refractivity contribution in [1.82, 2.24) is 15.3 Å². The molecule has 1 aliphatic rings. The van der Waals surface area contributed by atoms with Crippen LogP contribution >= 0.6 is 11.8 Å². The van der Waals surface area contributed by atoms with Gasteiger partial charge in [-0.15, -0.1) is 0 Å². The number of carbonyl (C=O) groups excluding carboxylic acids is 1. The summed E-state index contributed by atoms with van der Waals surface area (Å²) >= 11 is 1.79. The van der Waals surface area contributed by atoms with Crippen LogP contribution in [0.1, 0.15) is 31.1 Å². The molecule has 0 unspecified atom stereocenters. The van der Waals surface area contributed by atoms with Crippen LogP contribution in [0.3, 0.4) is 0 Å². The minimum Gasteiger partial charge on any atom is -0.346 e. The standard InChI is InChI=1S/C15H19N3OS/c1-20-9-8-13(18-15(19)10-6-7-10)14-16-11-4-2-3-5-12(11)17-14/h2-5,10,13H,6-9H2,1H3,(H,16,17)(H,18,19)/t13-/m1/s1. The third-order valence-electron chi connectivity index (χ3n) is 3.61. The number of thioether (sulfide) groups is 1. The van der Waals surface area contributed by atoms with Gasteiger partial charge in [0.25, 0.3) is 0 Å². The summed E-state index contributed by atoms with van der Waals surface area (Å²) in [6, 6.07) is 7.96. The lowest BCUT2D eigenvalue weighted by Gasteiger charge is -2.16. The number of carbonyl (C=O) groups is 1. The summed E-state index contributed by atoms with van der Waals surface area (Å²) < 4.78 is 0. The first-order valence-electron chi connectivity index (χ1n) is 7.02. The lowest BCUT2D eigenvalue weighted by atomic mass is 10.2. The second-order valence-corrected chi connectivity index (χ2v) is 6.24.